The highest BCUT2D eigenvalue weighted by atomic mass is 32.2. The highest BCUT2D eigenvalue weighted by Crippen LogP contribution is 2.23. The van der Waals surface area contributed by atoms with E-state index in [4.69, 9.17) is 9.26 Å². The van der Waals surface area contributed by atoms with Gasteiger partial charge in [0.2, 0.25) is 15.9 Å². The highest BCUT2D eigenvalue weighted by Gasteiger charge is 2.26. The lowest BCUT2D eigenvalue weighted by Gasteiger charge is -2.26. The first-order valence-corrected chi connectivity index (χ1v) is 12.1. The van der Waals surface area contributed by atoms with Crippen LogP contribution in [-0.4, -0.2) is 56.6 Å². The second kappa shape index (κ2) is 9.40. The van der Waals surface area contributed by atoms with Crippen molar-refractivity contribution in [2.24, 2.45) is 0 Å². The van der Waals surface area contributed by atoms with Crippen LogP contribution in [0.5, 0.6) is 0 Å². The van der Waals surface area contributed by atoms with Crippen molar-refractivity contribution in [3.8, 4) is 0 Å². The number of benzene rings is 2. The van der Waals surface area contributed by atoms with Gasteiger partial charge in [-0.05, 0) is 61.2 Å². The third-order valence-electron chi connectivity index (χ3n) is 5.76. The summed E-state index contributed by atoms with van der Waals surface area (Å²) in [6.45, 7) is 6.05. The van der Waals surface area contributed by atoms with Crippen LogP contribution in [-0.2, 0) is 32.4 Å². The molecule has 32 heavy (non-hydrogen) atoms. The number of ether oxygens (including phenoxy) is 1. The van der Waals surface area contributed by atoms with Gasteiger partial charge < -0.3 is 14.6 Å². The molecule has 0 atom stereocenters. The summed E-state index contributed by atoms with van der Waals surface area (Å²) in [6.07, 6.45) is 0.744. The van der Waals surface area contributed by atoms with E-state index < -0.39 is 10.0 Å². The lowest BCUT2D eigenvalue weighted by atomic mass is 10.1. The molecule has 4 rings (SSSR count). The van der Waals surface area contributed by atoms with Crippen molar-refractivity contribution in [3.63, 3.8) is 0 Å². The van der Waals surface area contributed by atoms with Gasteiger partial charge in [-0.15, -0.1) is 0 Å². The molecule has 1 aliphatic rings. The Hall–Kier alpha value is -2.75. The fourth-order valence-corrected chi connectivity index (χ4v) is 5.10. The maximum Gasteiger partial charge on any atom is 0.243 e. The van der Waals surface area contributed by atoms with Gasteiger partial charge in [0.1, 0.15) is 5.69 Å². The second-order valence-electron chi connectivity index (χ2n) is 8.00. The maximum absolute atomic E-state index is 12.7. The van der Waals surface area contributed by atoms with Crippen molar-refractivity contribution in [2.45, 2.75) is 31.6 Å². The fraction of sp³-hybridized carbons (Fsp3) is 0.391. The van der Waals surface area contributed by atoms with Gasteiger partial charge >= 0.3 is 0 Å². The van der Waals surface area contributed by atoms with Crippen LogP contribution in [0.2, 0.25) is 0 Å². The van der Waals surface area contributed by atoms with Crippen LogP contribution in [0, 0.1) is 13.8 Å². The second-order valence-corrected chi connectivity index (χ2v) is 9.94. The molecule has 9 heteroatoms. The number of aryl methyl sites for hydroxylation is 2. The molecule has 1 amide bonds. The predicted octanol–water partition coefficient (Wildman–Crippen LogP) is 2.37. The maximum atomic E-state index is 12.7. The highest BCUT2D eigenvalue weighted by molar-refractivity contribution is 7.89. The normalized spacial score (nSPS) is 15.2. The Labute approximate surface area is 187 Å². The Bertz CT molecular complexity index is 1210. The summed E-state index contributed by atoms with van der Waals surface area (Å²) in [4.78, 5) is 12.6. The van der Waals surface area contributed by atoms with Crippen molar-refractivity contribution in [2.75, 3.05) is 32.8 Å². The first kappa shape index (κ1) is 22.4. The van der Waals surface area contributed by atoms with Crippen LogP contribution in [0.4, 0.5) is 0 Å². The van der Waals surface area contributed by atoms with Crippen molar-refractivity contribution in [1.29, 1.82) is 0 Å². The van der Waals surface area contributed by atoms with E-state index in [-0.39, 0.29) is 17.2 Å². The van der Waals surface area contributed by atoms with Gasteiger partial charge in [-0.3, -0.25) is 4.79 Å². The smallest absolute Gasteiger partial charge is 0.243 e. The van der Waals surface area contributed by atoms with Crippen LogP contribution in [0.3, 0.4) is 0 Å². The number of rotatable bonds is 7. The summed E-state index contributed by atoms with van der Waals surface area (Å²) in [5.41, 5.74) is 4.50. The number of carbonyl (C=O) groups excluding carboxylic acids is 1. The average Bonchev–Trinajstić information content (AvgIpc) is 3.16. The summed E-state index contributed by atoms with van der Waals surface area (Å²) >= 11 is 0. The first-order valence-electron chi connectivity index (χ1n) is 10.6. The van der Waals surface area contributed by atoms with E-state index in [9.17, 15) is 13.2 Å². The van der Waals surface area contributed by atoms with Crippen LogP contribution < -0.4 is 5.32 Å². The van der Waals surface area contributed by atoms with Crippen molar-refractivity contribution >= 4 is 26.9 Å². The molecule has 1 fully saturated rings. The Morgan fingerprint density at radius 1 is 1.09 bits per heavy atom. The van der Waals surface area contributed by atoms with E-state index in [0.717, 1.165) is 22.1 Å². The third kappa shape index (κ3) is 4.85. The van der Waals surface area contributed by atoms with E-state index in [0.29, 0.717) is 50.5 Å². The first-order chi connectivity index (χ1) is 15.3. The minimum Gasteiger partial charge on any atom is -0.379 e. The van der Waals surface area contributed by atoms with Gasteiger partial charge in [0.15, 0.2) is 5.58 Å². The molecular weight excluding hydrogens is 430 g/mol. The molecule has 2 aromatic carbocycles. The van der Waals surface area contributed by atoms with Crippen molar-refractivity contribution in [3.05, 3.63) is 58.8 Å². The molecule has 3 aromatic rings. The Morgan fingerprint density at radius 3 is 2.50 bits per heavy atom. The number of carbonyl (C=O) groups is 1. The number of sulfonamides is 1. The van der Waals surface area contributed by atoms with E-state index in [2.05, 4.69) is 10.5 Å². The Balaban J connectivity index is 1.31. The largest absolute Gasteiger partial charge is 0.379 e. The van der Waals surface area contributed by atoms with Gasteiger partial charge in [0.25, 0.3) is 0 Å². The van der Waals surface area contributed by atoms with Crippen LogP contribution in [0.15, 0.2) is 45.8 Å². The number of aromatic nitrogens is 1. The summed E-state index contributed by atoms with van der Waals surface area (Å²) in [7, 11) is -3.50. The molecule has 1 aromatic heterocycles. The molecule has 1 N–H and O–H groups in total. The molecule has 0 bridgehead atoms. The monoisotopic (exact) mass is 457 g/mol. The summed E-state index contributed by atoms with van der Waals surface area (Å²) in [6, 6.07) is 10.7. The Kier molecular flexibility index (Phi) is 6.59. The molecule has 2 heterocycles. The van der Waals surface area contributed by atoms with Crippen molar-refractivity contribution < 1.29 is 22.5 Å². The minimum atomic E-state index is -3.50. The molecule has 8 nitrogen and oxygen atoms in total. The molecule has 0 saturated carbocycles. The zero-order valence-electron chi connectivity index (χ0n) is 18.3. The molecule has 0 unspecified atom stereocenters. The molecule has 1 aliphatic heterocycles. The van der Waals surface area contributed by atoms with Crippen molar-refractivity contribution in [1.82, 2.24) is 14.8 Å². The summed E-state index contributed by atoms with van der Waals surface area (Å²) in [5, 5.41) is 7.81. The van der Waals surface area contributed by atoms with E-state index in [1.165, 1.54) is 4.31 Å². The molecule has 0 spiro atoms. The number of fused-ring (bicyclic) bond motifs is 1. The van der Waals surface area contributed by atoms with Crippen LogP contribution in [0.1, 0.15) is 22.4 Å². The molecule has 0 aliphatic carbocycles. The third-order valence-corrected chi connectivity index (χ3v) is 7.67. The lowest BCUT2D eigenvalue weighted by molar-refractivity contribution is -0.120. The lowest BCUT2D eigenvalue weighted by Crippen LogP contribution is -2.40. The van der Waals surface area contributed by atoms with Gasteiger partial charge in [0, 0.05) is 25.0 Å². The number of amides is 1. The van der Waals surface area contributed by atoms with Gasteiger partial charge in [0.05, 0.1) is 24.5 Å². The molecule has 0 radical (unpaired) electrons. The molecule has 1 saturated heterocycles. The zero-order valence-corrected chi connectivity index (χ0v) is 19.1. The van der Waals surface area contributed by atoms with E-state index in [1.807, 2.05) is 26.0 Å². The zero-order chi connectivity index (χ0) is 22.7. The molecular formula is C23H27N3O5S. The topological polar surface area (TPSA) is 102 Å². The predicted molar refractivity (Wildman–Crippen MR) is 120 cm³/mol. The Morgan fingerprint density at radius 2 is 1.78 bits per heavy atom. The average molecular weight is 458 g/mol. The quantitative estimate of drug-likeness (QED) is 0.585. The van der Waals surface area contributed by atoms with Gasteiger partial charge in [-0.1, -0.05) is 17.3 Å². The number of hydrogen-bond donors (Lipinski definition) is 1. The van der Waals surface area contributed by atoms with Crippen LogP contribution >= 0.6 is 0 Å². The standard InChI is InChI=1S/C23H27N3O5S/c1-16-13-20-21(25-31-22(20)14-17(16)2)15-23(27)24-8-7-18-3-5-19(6-4-18)32(28,29)26-9-11-30-12-10-26/h3-6,13-14H,7-12,15H2,1-2H3,(H,24,27). The van der Waals surface area contributed by atoms with Gasteiger partial charge in [-0.2, -0.15) is 4.31 Å². The van der Waals surface area contributed by atoms with E-state index in [1.54, 1.807) is 24.3 Å². The fourth-order valence-electron chi connectivity index (χ4n) is 3.70. The summed E-state index contributed by atoms with van der Waals surface area (Å²) < 4.78 is 37.4. The number of nitrogens with zero attached hydrogens (tertiary/aromatic N) is 2. The van der Waals surface area contributed by atoms with Crippen LogP contribution in [0.25, 0.3) is 11.0 Å². The van der Waals surface area contributed by atoms with Gasteiger partial charge in [-0.25, -0.2) is 8.42 Å². The molecule has 170 valence electrons. The summed E-state index contributed by atoms with van der Waals surface area (Å²) in [5.74, 6) is -0.134. The minimum absolute atomic E-state index is 0.134. The van der Waals surface area contributed by atoms with E-state index >= 15 is 0 Å². The SMILES string of the molecule is Cc1cc2onc(CC(=O)NCCc3ccc(S(=O)(=O)N4CCOCC4)cc3)c2cc1C. The number of hydrogen-bond acceptors (Lipinski definition) is 6. The number of morpholine rings is 1. The number of nitrogens with one attached hydrogen (secondary N) is 1.